The second-order valence-corrected chi connectivity index (χ2v) is 3.77. The maximum absolute atomic E-state index is 12.2. The average Bonchev–Trinajstić information content (AvgIpc) is 2.43. The molecule has 1 heterocycles. The Morgan fingerprint density at radius 2 is 2.20 bits per heavy atom. The van der Waals surface area contributed by atoms with Gasteiger partial charge in [0, 0.05) is 6.04 Å². The molecule has 0 radical (unpaired) electrons. The van der Waals surface area contributed by atoms with E-state index in [0.29, 0.717) is 6.42 Å². The van der Waals surface area contributed by atoms with Crippen LogP contribution in [0.2, 0.25) is 0 Å². The van der Waals surface area contributed by atoms with Gasteiger partial charge in [0.05, 0.1) is 19.1 Å². The number of halogens is 3. The molecule has 0 aromatic heterocycles. The summed E-state index contributed by atoms with van der Waals surface area (Å²) >= 11 is 0. The Labute approximate surface area is 86.6 Å². The van der Waals surface area contributed by atoms with Crippen molar-refractivity contribution in [2.75, 3.05) is 6.54 Å². The summed E-state index contributed by atoms with van der Waals surface area (Å²) in [5.41, 5.74) is 0. The van der Waals surface area contributed by atoms with Gasteiger partial charge in [0.15, 0.2) is 0 Å². The van der Waals surface area contributed by atoms with Gasteiger partial charge in [-0.1, -0.05) is 6.92 Å². The fourth-order valence-corrected chi connectivity index (χ4v) is 1.90. The normalized spacial score (nSPS) is 24.7. The number of hydrogen-bond acceptors (Lipinski definition) is 2. The van der Waals surface area contributed by atoms with Crippen molar-refractivity contribution in [3.05, 3.63) is 0 Å². The summed E-state index contributed by atoms with van der Waals surface area (Å²) in [5, 5.41) is 2.88. The van der Waals surface area contributed by atoms with E-state index in [9.17, 15) is 18.0 Å². The Bertz CT molecular complexity index is 242. The van der Waals surface area contributed by atoms with Crippen LogP contribution in [0.1, 0.15) is 26.7 Å². The van der Waals surface area contributed by atoms with Crippen LogP contribution < -0.4 is 5.32 Å². The molecule has 1 aliphatic heterocycles. The summed E-state index contributed by atoms with van der Waals surface area (Å²) in [7, 11) is 0. The summed E-state index contributed by atoms with van der Waals surface area (Å²) in [6.07, 6.45) is -4.80. The number of alkyl halides is 3. The van der Waals surface area contributed by atoms with Crippen molar-refractivity contribution < 1.29 is 18.0 Å². The van der Waals surface area contributed by atoms with Gasteiger partial charge in [0.2, 0.25) is 5.91 Å². The number of nitrogens with one attached hydrogen (secondary N) is 1. The summed E-state index contributed by atoms with van der Waals surface area (Å²) in [6.45, 7) is 3.41. The zero-order valence-electron chi connectivity index (χ0n) is 8.77. The predicted molar refractivity (Wildman–Crippen MR) is 49.1 cm³/mol. The Kier molecular flexibility index (Phi) is 3.59. The Morgan fingerprint density at radius 3 is 2.67 bits per heavy atom. The van der Waals surface area contributed by atoms with Gasteiger partial charge < -0.3 is 4.90 Å². The van der Waals surface area contributed by atoms with E-state index in [1.54, 1.807) is 0 Å². The standard InChI is InChI=1S/C9H15F3N2O/c1-3-7-13-5-8(15)14(7)6(2)4-9(10,11)12/h6-7,13H,3-5H2,1-2H3. The molecule has 1 N–H and O–H groups in total. The first kappa shape index (κ1) is 12.3. The highest BCUT2D eigenvalue weighted by atomic mass is 19.4. The third kappa shape index (κ3) is 3.09. The van der Waals surface area contributed by atoms with Gasteiger partial charge in [-0.3, -0.25) is 10.1 Å². The lowest BCUT2D eigenvalue weighted by molar-refractivity contribution is -0.152. The van der Waals surface area contributed by atoms with Gasteiger partial charge in [-0.25, -0.2) is 0 Å². The first-order chi connectivity index (χ1) is 6.85. The predicted octanol–water partition coefficient (Wildman–Crippen LogP) is 1.50. The summed E-state index contributed by atoms with van der Waals surface area (Å²) in [4.78, 5) is 12.7. The molecule has 1 rings (SSSR count). The highest BCUT2D eigenvalue weighted by molar-refractivity contribution is 5.80. The molecule has 0 saturated carbocycles. The molecule has 0 spiro atoms. The van der Waals surface area contributed by atoms with E-state index < -0.39 is 18.6 Å². The third-order valence-electron chi connectivity index (χ3n) is 2.50. The summed E-state index contributed by atoms with van der Waals surface area (Å²) in [6, 6.07) is -0.794. The highest BCUT2D eigenvalue weighted by Crippen LogP contribution is 2.26. The average molecular weight is 224 g/mol. The molecular formula is C9H15F3N2O. The van der Waals surface area contributed by atoms with Gasteiger partial charge in [-0.2, -0.15) is 13.2 Å². The molecule has 0 aliphatic carbocycles. The van der Waals surface area contributed by atoms with E-state index in [0.717, 1.165) is 0 Å². The van der Waals surface area contributed by atoms with Crippen molar-refractivity contribution in [3.8, 4) is 0 Å². The van der Waals surface area contributed by atoms with Crippen molar-refractivity contribution in [1.29, 1.82) is 0 Å². The van der Waals surface area contributed by atoms with Gasteiger partial charge in [-0.15, -0.1) is 0 Å². The molecule has 1 fully saturated rings. The van der Waals surface area contributed by atoms with Crippen LogP contribution in [0.4, 0.5) is 13.2 Å². The van der Waals surface area contributed by atoms with Gasteiger partial charge in [0.1, 0.15) is 0 Å². The number of nitrogens with zero attached hydrogens (tertiary/aromatic N) is 1. The minimum atomic E-state index is -4.22. The molecule has 1 aliphatic rings. The molecule has 15 heavy (non-hydrogen) atoms. The lowest BCUT2D eigenvalue weighted by atomic mass is 10.2. The van der Waals surface area contributed by atoms with Crippen LogP contribution >= 0.6 is 0 Å². The topological polar surface area (TPSA) is 32.3 Å². The first-order valence-corrected chi connectivity index (χ1v) is 4.96. The van der Waals surface area contributed by atoms with Crippen LogP contribution in [0, 0.1) is 0 Å². The second-order valence-electron chi connectivity index (χ2n) is 3.77. The first-order valence-electron chi connectivity index (χ1n) is 4.96. The van der Waals surface area contributed by atoms with E-state index >= 15 is 0 Å². The van der Waals surface area contributed by atoms with E-state index in [-0.39, 0.29) is 18.6 Å². The smallest absolute Gasteiger partial charge is 0.323 e. The number of amides is 1. The van der Waals surface area contributed by atoms with Crippen LogP contribution in [-0.2, 0) is 4.79 Å². The molecular weight excluding hydrogens is 209 g/mol. The van der Waals surface area contributed by atoms with Crippen molar-refractivity contribution in [1.82, 2.24) is 10.2 Å². The fourth-order valence-electron chi connectivity index (χ4n) is 1.90. The lowest BCUT2D eigenvalue weighted by Gasteiger charge is -2.30. The van der Waals surface area contributed by atoms with Crippen LogP contribution in [0.15, 0.2) is 0 Å². The Hall–Kier alpha value is -0.780. The minimum Gasteiger partial charge on any atom is -0.323 e. The van der Waals surface area contributed by atoms with E-state index in [4.69, 9.17) is 0 Å². The van der Waals surface area contributed by atoms with Gasteiger partial charge >= 0.3 is 6.18 Å². The number of carbonyl (C=O) groups excluding carboxylic acids is 1. The Balaban J connectivity index is 2.64. The van der Waals surface area contributed by atoms with E-state index in [1.165, 1.54) is 11.8 Å². The van der Waals surface area contributed by atoms with Crippen molar-refractivity contribution in [2.24, 2.45) is 0 Å². The molecule has 2 atom stereocenters. The zero-order chi connectivity index (χ0) is 11.6. The van der Waals surface area contributed by atoms with Crippen LogP contribution in [0.25, 0.3) is 0 Å². The molecule has 2 unspecified atom stereocenters. The molecule has 6 heteroatoms. The minimum absolute atomic E-state index is 0.140. The van der Waals surface area contributed by atoms with E-state index in [2.05, 4.69) is 5.32 Å². The van der Waals surface area contributed by atoms with Crippen molar-refractivity contribution in [2.45, 2.75) is 45.1 Å². The quantitative estimate of drug-likeness (QED) is 0.787. The third-order valence-corrected chi connectivity index (χ3v) is 2.50. The molecule has 88 valence electrons. The number of rotatable bonds is 3. The second kappa shape index (κ2) is 4.38. The van der Waals surface area contributed by atoms with Crippen LogP contribution in [0.5, 0.6) is 0 Å². The largest absolute Gasteiger partial charge is 0.391 e. The molecule has 3 nitrogen and oxygen atoms in total. The zero-order valence-corrected chi connectivity index (χ0v) is 8.77. The SMILES string of the molecule is CCC1NCC(=O)N1C(C)CC(F)(F)F. The molecule has 1 saturated heterocycles. The fraction of sp³-hybridized carbons (Fsp3) is 0.889. The number of carbonyl (C=O) groups is 1. The molecule has 0 bridgehead atoms. The monoisotopic (exact) mass is 224 g/mol. The number of hydrogen-bond donors (Lipinski definition) is 1. The summed E-state index contributed by atoms with van der Waals surface area (Å²) in [5.74, 6) is -0.251. The molecule has 1 amide bonds. The maximum atomic E-state index is 12.2. The maximum Gasteiger partial charge on any atom is 0.391 e. The molecule has 0 aromatic carbocycles. The Morgan fingerprint density at radius 1 is 1.60 bits per heavy atom. The van der Waals surface area contributed by atoms with Crippen molar-refractivity contribution >= 4 is 5.91 Å². The lowest BCUT2D eigenvalue weighted by Crippen LogP contribution is -2.44. The van der Waals surface area contributed by atoms with Crippen LogP contribution in [0.3, 0.4) is 0 Å². The van der Waals surface area contributed by atoms with Crippen molar-refractivity contribution in [3.63, 3.8) is 0 Å². The van der Waals surface area contributed by atoms with Gasteiger partial charge in [-0.05, 0) is 13.3 Å². The highest BCUT2D eigenvalue weighted by Gasteiger charge is 2.38. The van der Waals surface area contributed by atoms with E-state index in [1.807, 2.05) is 6.92 Å². The van der Waals surface area contributed by atoms with Crippen LogP contribution in [-0.4, -0.2) is 35.7 Å². The molecule has 0 aromatic rings. The summed E-state index contributed by atoms with van der Waals surface area (Å²) < 4.78 is 36.5. The van der Waals surface area contributed by atoms with Gasteiger partial charge in [0.25, 0.3) is 0 Å².